The van der Waals surface area contributed by atoms with E-state index >= 15 is 0 Å². The van der Waals surface area contributed by atoms with Gasteiger partial charge in [-0.2, -0.15) is 0 Å². The maximum Gasteiger partial charge on any atom is 0.224 e. The Hall–Kier alpha value is -2.61. The highest BCUT2D eigenvalue weighted by Gasteiger charge is 2.10. The Bertz CT molecular complexity index is 790. The van der Waals surface area contributed by atoms with Crippen LogP contribution in [0, 0.1) is 0 Å². The Kier molecular flexibility index (Phi) is 4.72. The molecule has 0 unspecified atom stereocenters. The van der Waals surface area contributed by atoms with Gasteiger partial charge in [-0.25, -0.2) is 0 Å². The Morgan fingerprint density at radius 3 is 2.43 bits per heavy atom. The average molecular weight is 303 g/mol. The molecule has 0 bridgehead atoms. The van der Waals surface area contributed by atoms with Gasteiger partial charge in [0.2, 0.25) is 5.91 Å². The smallest absolute Gasteiger partial charge is 0.224 e. The summed E-state index contributed by atoms with van der Waals surface area (Å²) in [5, 5.41) is 5.43. The maximum absolute atomic E-state index is 12.3. The fraction of sp³-hybridized carbons (Fsp3) is 0.190. The molecule has 1 N–H and O–H groups in total. The fourth-order valence-corrected chi connectivity index (χ4v) is 2.96. The quantitative estimate of drug-likeness (QED) is 0.754. The van der Waals surface area contributed by atoms with Crippen LogP contribution < -0.4 is 5.32 Å². The molecular formula is C21H21NO. The third kappa shape index (κ3) is 3.98. The number of nitrogens with one attached hydrogen (secondary N) is 1. The molecule has 2 nitrogen and oxygen atoms in total. The second-order valence-electron chi connectivity index (χ2n) is 5.97. The van der Waals surface area contributed by atoms with E-state index in [1.165, 1.54) is 10.9 Å². The van der Waals surface area contributed by atoms with Crippen LogP contribution >= 0.6 is 0 Å². The third-order valence-corrected chi connectivity index (χ3v) is 4.02. The minimum Gasteiger partial charge on any atom is -0.353 e. The first-order valence-corrected chi connectivity index (χ1v) is 8.02. The number of hydrogen-bond acceptors (Lipinski definition) is 1. The molecule has 2 heteroatoms. The molecule has 0 aliphatic rings. The Labute approximate surface area is 137 Å². The van der Waals surface area contributed by atoms with Gasteiger partial charge in [0, 0.05) is 6.04 Å². The Morgan fingerprint density at radius 1 is 0.913 bits per heavy atom. The van der Waals surface area contributed by atoms with Crippen molar-refractivity contribution in [1.29, 1.82) is 0 Å². The summed E-state index contributed by atoms with van der Waals surface area (Å²) in [5.74, 6) is 0.0739. The highest BCUT2D eigenvalue weighted by Crippen LogP contribution is 2.18. The van der Waals surface area contributed by atoms with Gasteiger partial charge >= 0.3 is 0 Å². The highest BCUT2D eigenvalue weighted by atomic mass is 16.1. The van der Waals surface area contributed by atoms with Crippen molar-refractivity contribution in [3.63, 3.8) is 0 Å². The fourth-order valence-electron chi connectivity index (χ4n) is 2.96. The average Bonchev–Trinajstić information content (AvgIpc) is 2.56. The van der Waals surface area contributed by atoms with Crippen LogP contribution in [-0.2, 0) is 17.6 Å². The summed E-state index contributed by atoms with van der Waals surface area (Å²) in [4.78, 5) is 12.3. The van der Waals surface area contributed by atoms with Crippen molar-refractivity contribution >= 4 is 16.7 Å². The molecule has 116 valence electrons. The van der Waals surface area contributed by atoms with Crippen LogP contribution in [0.3, 0.4) is 0 Å². The van der Waals surface area contributed by atoms with E-state index < -0.39 is 0 Å². The molecule has 0 saturated heterocycles. The molecule has 3 rings (SSSR count). The van der Waals surface area contributed by atoms with Crippen molar-refractivity contribution in [2.45, 2.75) is 25.8 Å². The number of carbonyl (C=O) groups excluding carboxylic acids is 1. The molecule has 3 aromatic rings. The zero-order valence-electron chi connectivity index (χ0n) is 13.3. The molecule has 0 aliphatic heterocycles. The first-order valence-electron chi connectivity index (χ1n) is 8.02. The summed E-state index contributed by atoms with van der Waals surface area (Å²) in [7, 11) is 0. The van der Waals surface area contributed by atoms with Gasteiger partial charge in [-0.15, -0.1) is 0 Å². The van der Waals surface area contributed by atoms with Crippen LogP contribution in [0.5, 0.6) is 0 Å². The summed E-state index contributed by atoms with van der Waals surface area (Å²) in [6.45, 7) is 2.05. The van der Waals surface area contributed by atoms with Gasteiger partial charge in [0.25, 0.3) is 0 Å². The van der Waals surface area contributed by atoms with Gasteiger partial charge in [0.15, 0.2) is 0 Å². The number of benzene rings is 3. The Morgan fingerprint density at radius 2 is 1.61 bits per heavy atom. The van der Waals surface area contributed by atoms with Crippen molar-refractivity contribution in [3.05, 3.63) is 83.9 Å². The monoisotopic (exact) mass is 303 g/mol. The second kappa shape index (κ2) is 7.10. The molecule has 0 fully saturated rings. The number of carbonyl (C=O) groups is 1. The number of amides is 1. The lowest BCUT2D eigenvalue weighted by Gasteiger charge is -2.14. The SMILES string of the molecule is C[C@H](Cc1ccccc1)NC(=O)Cc1cccc2ccccc12. The van der Waals surface area contributed by atoms with Crippen molar-refractivity contribution in [2.24, 2.45) is 0 Å². The standard InChI is InChI=1S/C21H21NO/c1-16(14-17-8-3-2-4-9-17)22-21(23)15-19-12-7-11-18-10-5-6-13-20(18)19/h2-13,16H,14-15H2,1H3,(H,22,23)/t16-/m1/s1. The number of fused-ring (bicyclic) bond motifs is 1. The molecule has 1 amide bonds. The van der Waals surface area contributed by atoms with Gasteiger partial charge < -0.3 is 5.32 Å². The van der Waals surface area contributed by atoms with Crippen LogP contribution in [0.4, 0.5) is 0 Å². The summed E-state index contributed by atoms with van der Waals surface area (Å²) in [6.07, 6.45) is 1.27. The maximum atomic E-state index is 12.3. The van der Waals surface area contributed by atoms with E-state index in [1.807, 2.05) is 49.4 Å². The summed E-state index contributed by atoms with van der Waals surface area (Å²) < 4.78 is 0. The van der Waals surface area contributed by atoms with E-state index in [2.05, 4.69) is 35.6 Å². The lowest BCUT2D eigenvalue weighted by molar-refractivity contribution is -0.121. The lowest BCUT2D eigenvalue weighted by Crippen LogP contribution is -2.35. The van der Waals surface area contributed by atoms with Crippen molar-refractivity contribution < 1.29 is 4.79 Å². The second-order valence-corrected chi connectivity index (χ2v) is 5.97. The highest BCUT2D eigenvalue weighted by molar-refractivity contribution is 5.90. The summed E-state index contributed by atoms with van der Waals surface area (Å²) >= 11 is 0. The zero-order valence-corrected chi connectivity index (χ0v) is 13.3. The third-order valence-electron chi connectivity index (χ3n) is 4.02. The lowest BCUT2D eigenvalue weighted by atomic mass is 10.0. The van der Waals surface area contributed by atoms with Crippen molar-refractivity contribution in [2.75, 3.05) is 0 Å². The molecule has 0 heterocycles. The van der Waals surface area contributed by atoms with Gasteiger partial charge in [0.1, 0.15) is 0 Å². The topological polar surface area (TPSA) is 29.1 Å². The molecule has 0 aromatic heterocycles. The van der Waals surface area contributed by atoms with E-state index in [0.717, 1.165) is 17.4 Å². The van der Waals surface area contributed by atoms with Crippen LogP contribution in [0.25, 0.3) is 10.8 Å². The molecule has 0 aliphatic carbocycles. The van der Waals surface area contributed by atoms with Crippen LogP contribution in [0.1, 0.15) is 18.1 Å². The van der Waals surface area contributed by atoms with E-state index in [0.29, 0.717) is 6.42 Å². The van der Waals surface area contributed by atoms with Crippen molar-refractivity contribution in [3.8, 4) is 0 Å². The molecule has 1 atom stereocenters. The predicted octanol–water partition coefficient (Wildman–Crippen LogP) is 4.13. The van der Waals surface area contributed by atoms with E-state index in [4.69, 9.17) is 0 Å². The minimum absolute atomic E-state index is 0.0739. The van der Waals surface area contributed by atoms with Crippen molar-refractivity contribution in [1.82, 2.24) is 5.32 Å². The molecule has 3 aromatic carbocycles. The summed E-state index contributed by atoms with van der Waals surface area (Å²) in [6, 6.07) is 24.7. The van der Waals surface area contributed by atoms with Gasteiger partial charge in [-0.1, -0.05) is 72.8 Å². The molecule has 23 heavy (non-hydrogen) atoms. The number of rotatable bonds is 5. The predicted molar refractivity (Wildman–Crippen MR) is 95.4 cm³/mol. The molecule has 0 spiro atoms. The van der Waals surface area contributed by atoms with Crippen LogP contribution in [0.15, 0.2) is 72.8 Å². The molecule has 0 saturated carbocycles. The largest absolute Gasteiger partial charge is 0.353 e. The molecular weight excluding hydrogens is 282 g/mol. The van der Waals surface area contributed by atoms with Gasteiger partial charge in [-0.05, 0) is 35.2 Å². The summed E-state index contributed by atoms with van der Waals surface area (Å²) in [5.41, 5.74) is 2.32. The van der Waals surface area contributed by atoms with E-state index in [1.54, 1.807) is 0 Å². The zero-order chi connectivity index (χ0) is 16.1. The van der Waals surface area contributed by atoms with E-state index in [-0.39, 0.29) is 11.9 Å². The normalized spacial score (nSPS) is 12.0. The van der Waals surface area contributed by atoms with Gasteiger partial charge in [-0.3, -0.25) is 4.79 Å². The minimum atomic E-state index is 0.0739. The van der Waals surface area contributed by atoms with Crippen LogP contribution in [0.2, 0.25) is 0 Å². The molecule has 0 radical (unpaired) electrons. The van der Waals surface area contributed by atoms with Gasteiger partial charge in [0.05, 0.1) is 6.42 Å². The number of hydrogen-bond donors (Lipinski definition) is 1. The van der Waals surface area contributed by atoms with E-state index in [9.17, 15) is 4.79 Å². The first-order chi connectivity index (χ1) is 11.2. The first kappa shape index (κ1) is 15.3. The van der Waals surface area contributed by atoms with Crippen LogP contribution in [-0.4, -0.2) is 11.9 Å². The Balaban J connectivity index is 1.64.